The molecule has 1 aromatic carbocycles. The number of aromatic nitrogens is 1. The highest BCUT2D eigenvalue weighted by molar-refractivity contribution is 7.99. The summed E-state index contributed by atoms with van der Waals surface area (Å²) in [6.07, 6.45) is 3.92. The van der Waals surface area contributed by atoms with Crippen molar-refractivity contribution in [3.05, 3.63) is 51.5 Å². The van der Waals surface area contributed by atoms with Crippen LogP contribution in [0, 0.1) is 6.92 Å². The number of rotatable bonds is 8. The Bertz CT molecular complexity index is 747. The normalized spacial score (nSPS) is 17.8. The Hall–Kier alpha value is -1.37. The molecule has 1 fully saturated rings. The maximum atomic E-state index is 12.2. The first-order chi connectivity index (χ1) is 13.1. The predicted molar refractivity (Wildman–Crippen MR) is 115 cm³/mol. The lowest BCUT2D eigenvalue weighted by Crippen LogP contribution is -2.37. The minimum Gasteiger partial charge on any atom is -0.351 e. The van der Waals surface area contributed by atoms with E-state index in [1.807, 2.05) is 6.92 Å². The van der Waals surface area contributed by atoms with Crippen molar-refractivity contribution in [1.82, 2.24) is 15.2 Å². The number of carbonyl (C=O) groups is 1. The standard InChI is InChI=1S/C21H29N3OS2/c1-16-7-5-6-10-24(16)12-19-9-4-3-8-18(19)11-22-21(25)15-26-13-20-14-27-17(2)23-20/h3-4,8-9,14,16H,5-7,10-13,15H2,1-2H3,(H,22,25). The van der Waals surface area contributed by atoms with Gasteiger partial charge in [0, 0.05) is 30.3 Å². The van der Waals surface area contributed by atoms with Gasteiger partial charge in [0.15, 0.2) is 0 Å². The summed E-state index contributed by atoms with van der Waals surface area (Å²) in [5.74, 6) is 1.36. The van der Waals surface area contributed by atoms with Crippen molar-refractivity contribution in [2.45, 2.75) is 58.0 Å². The fourth-order valence-electron chi connectivity index (χ4n) is 3.46. The van der Waals surface area contributed by atoms with Gasteiger partial charge < -0.3 is 5.32 Å². The smallest absolute Gasteiger partial charge is 0.230 e. The molecule has 0 bridgehead atoms. The largest absolute Gasteiger partial charge is 0.351 e. The van der Waals surface area contributed by atoms with Gasteiger partial charge in [-0.15, -0.1) is 23.1 Å². The van der Waals surface area contributed by atoms with Gasteiger partial charge in [-0.2, -0.15) is 0 Å². The van der Waals surface area contributed by atoms with Crippen LogP contribution < -0.4 is 5.32 Å². The number of benzene rings is 1. The summed E-state index contributed by atoms with van der Waals surface area (Å²) in [6, 6.07) is 9.13. The minimum atomic E-state index is 0.0908. The Morgan fingerprint density at radius 3 is 2.89 bits per heavy atom. The van der Waals surface area contributed by atoms with Gasteiger partial charge >= 0.3 is 0 Å². The van der Waals surface area contributed by atoms with Crippen molar-refractivity contribution in [2.75, 3.05) is 12.3 Å². The number of hydrogen-bond acceptors (Lipinski definition) is 5. The molecule has 146 valence electrons. The van der Waals surface area contributed by atoms with E-state index in [2.05, 4.69) is 51.8 Å². The lowest BCUT2D eigenvalue weighted by atomic mass is 10.0. The Balaban J connectivity index is 1.46. The number of carbonyl (C=O) groups excluding carboxylic acids is 1. The number of thioether (sulfide) groups is 1. The Labute approximate surface area is 170 Å². The van der Waals surface area contributed by atoms with Gasteiger partial charge in [0.25, 0.3) is 0 Å². The topological polar surface area (TPSA) is 45.2 Å². The molecular weight excluding hydrogens is 374 g/mol. The summed E-state index contributed by atoms with van der Waals surface area (Å²) in [7, 11) is 0. The molecule has 2 aromatic rings. The first-order valence-electron chi connectivity index (χ1n) is 9.68. The van der Waals surface area contributed by atoms with Crippen LogP contribution in [0.3, 0.4) is 0 Å². The molecule has 1 amide bonds. The Kier molecular flexibility index (Phi) is 7.73. The van der Waals surface area contributed by atoms with Crippen LogP contribution in [0.2, 0.25) is 0 Å². The van der Waals surface area contributed by atoms with E-state index < -0.39 is 0 Å². The highest BCUT2D eigenvalue weighted by Crippen LogP contribution is 2.21. The molecule has 0 saturated carbocycles. The van der Waals surface area contributed by atoms with E-state index in [9.17, 15) is 4.79 Å². The van der Waals surface area contributed by atoms with Gasteiger partial charge in [0.2, 0.25) is 5.91 Å². The van der Waals surface area contributed by atoms with E-state index in [0.717, 1.165) is 23.0 Å². The van der Waals surface area contributed by atoms with Crippen LogP contribution in [-0.4, -0.2) is 34.1 Å². The van der Waals surface area contributed by atoms with E-state index in [-0.39, 0.29) is 5.91 Å². The average Bonchev–Trinajstić information content (AvgIpc) is 3.08. The highest BCUT2D eigenvalue weighted by Gasteiger charge is 2.19. The summed E-state index contributed by atoms with van der Waals surface area (Å²) in [5.41, 5.74) is 3.62. The zero-order chi connectivity index (χ0) is 19.1. The number of amides is 1. The molecule has 0 radical (unpaired) electrons. The van der Waals surface area contributed by atoms with Crippen LogP contribution in [0.4, 0.5) is 0 Å². The predicted octanol–water partition coefficient (Wildman–Crippen LogP) is 4.38. The molecule has 0 spiro atoms. The van der Waals surface area contributed by atoms with Gasteiger partial charge in [-0.1, -0.05) is 30.7 Å². The van der Waals surface area contributed by atoms with Crippen molar-refractivity contribution in [1.29, 1.82) is 0 Å². The number of aryl methyl sites for hydroxylation is 1. The maximum Gasteiger partial charge on any atom is 0.230 e. The SMILES string of the molecule is Cc1nc(CSCC(=O)NCc2ccccc2CN2CCCCC2C)cs1. The second-order valence-corrected chi connectivity index (χ2v) is 9.26. The Morgan fingerprint density at radius 1 is 1.33 bits per heavy atom. The van der Waals surface area contributed by atoms with Crippen LogP contribution in [-0.2, 0) is 23.6 Å². The molecule has 1 saturated heterocycles. The van der Waals surface area contributed by atoms with Crippen molar-refractivity contribution in [3.8, 4) is 0 Å². The molecular formula is C21H29N3OS2. The molecule has 1 aromatic heterocycles. The van der Waals surface area contributed by atoms with Crippen molar-refractivity contribution < 1.29 is 4.79 Å². The zero-order valence-electron chi connectivity index (χ0n) is 16.2. The average molecular weight is 404 g/mol. The number of hydrogen-bond donors (Lipinski definition) is 1. The van der Waals surface area contributed by atoms with E-state index in [4.69, 9.17) is 0 Å². The van der Waals surface area contributed by atoms with Crippen molar-refractivity contribution in [2.24, 2.45) is 0 Å². The van der Waals surface area contributed by atoms with Crippen LogP contribution in [0.25, 0.3) is 0 Å². The third kappa shape index (κ3) is 6.33. The van der Waals surface area contributed by atoms with Gasteiger partial charge in [-0.3, -0.25) is 9.69 Å². The maximum absolute atomic E-state index is 12.2. The summed E-state index contributed by atoms with van der Waals surface area (Å²) < 4.78 is 0. The zero-order valence-corrected chi connectivity index (χ0v) is 17.9. The molecule has 1 N–H and O–H groups in total. The third-order valence-corrected chi connectivity index (χ3v) is 6.85. The van der Waals surface area contributed by atoms with E-state index >= 15 is 0 Å². The number of thiazole rings is 1. The molecule has 1 aliphatic heterocycles. The van der Waals surface area contributed by atoms with E-state index in [1.165, 1.54) is 36.9 Å². The van der Waals surface area contributed by atoms with Crippen molar-refractivity contribution in [3.63, 3.8) is 0 Å². The monoisotopic (exact) mass is 403 g/mol. The van der Waals surface area contributed by atoms with E-state index in [0.29, 0.717) is 18.3 Å². The second kappa shape index (κ2) is 10.2. The molecule has 1 atom stereocenters. The quantitative estimate of drug-likeness (QED) is 0.711. The fourth-order valence-corrected chi connectivity index (χ4v) is 4.93. The van der Waals surface area contributed by atoms with Crippen LogP contribution in [0.5, 0.6) is 0 Å². The van der Waals surface area contributed by atoms with Crippen molar-refractivity contribution >= 4 is 29.0 Å². The molecule has 1 aliphatic rings. The van der Waals surface area contributed by atoms with Crippen LogP contribution in [0.15, 0.2) is 29.6 Å². The number of nitrogens with zero attached hydrogens (tertiary/aromatic N) is 2. The highest BCUT2D eigenvalue weighted by atomic mass is 32.2. The van der Waals surface area contributed by atoms with Gasteiger partial charge in [0.05, 0.1) is 16.5 Å². The summed E-state index contributed by atoms with van der Waals surface area (Å²) >= 11 is 3.28. The lowest BCUT2D eigenvalue weighted by molar-refractivity contribution is -0.118. The van der Waals surface area contributed by atoms with Crippen LogP contribution in [0.1, 0.15) is 48.0 Å². The minimum absolute atomic E-state index is 0.0908. The van der Waals surface area contributed by atoms with Gasteiger partial charge in [-0.25, -0.2) is 4.98 Å². The molecule has 4 nitrogen and oxygen atoms in total. The number of nitrogens with one attached hydrogen (secondary N) is 1. The fraction of sp³-hybridized carbons (Fsp3) is 0.524. The summed E-state index contributed by atoms with van der Waals surface area (Å²) in [5, 5.41) is 6.23. The van der Waals surface area contributed by atoms with Gasteiger partial charge in [-0.05, 0) is 44.4 Å². The molecule has 1 unspecified atom stereocenters. The Morgan fingerprint density at radius 2 is 2.15 bits per heavy atom. The molecule has 2 heterocycles. The van der Waals surface area contributed by atoms with Crippen LogP contribution >= 0.6 is 23.1 Å². The number of likely N-dealkylation sites (tertiary alicyclic amines) is 1. The number of piperidine rings is 1. The molecule has 27 heavy (non-hydrogen) atoms. The first kappa shape index (κ1) is 20.4. The van der Waals surface area contributed by atoms with Gasteiger partial charge in [0.1, 0.15) is 0 Å². The lowest BCUT2D eigenvalue weighted by Gasteiger charge is -2.33. The third-order valence-electron chi connectivity index (χ3n) is 5.06. The molecule has 0 aliphatic carbocycles. The summed E-state index contributed by atoms with van der Waals surface area (Å²) in [6.45, 7) is 7.09. The second-order valence-electron chi connectivity index (χ2n) is 7.21. The summed E-state index contributed by atoms with van der Waals surface area (Å²) in [4.78, 5) is 19.2. The first-order valence-corrected chi connectivity index (χ1v) is 11.7. The molecule has 3 rings (SSSR count). The molecule has 6 heteroatoms. The van der Waals surface area contributed by atoms with E-state index in [1.54, 1.807) is 23.1 Å².